The molecule has 0 aliphatic rings. The largest absolute Gasteiger partial charge is 0.383 e. The molecule has 0 atom stereocenters. The van der Waals surface area contributed by atoms with Gasteiger partial charge in [0.2, 0.25) is 0 Å². The van der Waals surface area contributed by atoms with Crippen molar-refractivity contribution < 1.29 is 4.74 Å². The van der Waals surface area contributed by atoms with Gasteiger partial charge in [-0.3, -0.25) is 4.98 Å². The summed E-state index contributed by atoms with van der Waals surface area (Å²) in [7, 11) is 3.85. The number of hydrogen-bond acceptors (Lipinski definition) is 4. The Kier molecular flexibility index (Phi) is 6.77. The topological polar surface area (TPSA) is 37.4 Å². The number of nitrogens with zero attached hydrogens (tertiary/aromatic N) is 2. The third-order valence-electron chi connectivity index (χ3n) is 2.54. The summed E-state index contributed by atoms with van der Waals surface area (Å²) in [5, 5.41) is 3.33. The molecule has 0 amide bonds. The monoisotopic (exact) mass is 237 g/mol. The summed E-state index contributed by atoms with van der Waals surface area (Å²) in [6.45, 7) is 6.71. The number of aryl methyl sites for hydroxylation is 1. The number of hydrogen-bond donors (Lipinski definition) is 1. The quantitative estimate of drug-likeness (QED) is 0.686. The van der Waals surface area contributed by atoms with E-state index in [0.29, 0.717) is 0 Å². The Morgan fingerprint density at radius 1 is 1.35 bits per heavy atom. The van der Waals surface area contributed by atoms with E-state index in [2.05, 4.69) is 35.2 Å². The van der Waals surface area contributed by atoms with Gasteiger partial charge >= 0.3 is 0 Å². The second kappa shape index (κ2) is 8.17. The molecule has 17 heavy (non-hydrogen) atoms. The highest BCUT2D eigenvalue weighted by atomic mass is 16.5. The maximum atomic E-state index is 4.97. The van der Waals surface area contributed by atoms with Crippen LogP contribution >= 0.6 is 0 Å². The van der Waals surface area contributed by atoms with Crippen molar-refractivity contribution in [3.8, 4) is 0 Å². The maximum Gasteiger partial charge on any atom is 0.0587 e. The third-order valence-corrected chi connectivity index (χ3v) is 2.54. The first kappa shape index (κ1) is 14.1. The lowest BCUT2D eigenvalue weighted by molar-refractivity contribution is 0.197. The predicted octanol–water partition coefficient (Wildman–Crippen LogP) is 1.06. The normalized spacial score (nSPS) is 11.1. The first-order valence-electron chi connectivity index (χ1n) is 6.01. The molecule has 0 unspecified atom stereocenters. The molecule has 1 rings (SSSR count). The molecular weight excluding hydrogens is 214 g/mol. The minimum absolute atomic E-state index is 0.769. The summed E-state index contributed by atoms with van der Waals surface area (Å²) in [6, 6.07) is 2.18. The fourth-order valence-electron chi connectivity index (χ4n) is 1.66. The lowest BCUT2D eigenvalue weighted by Crippen LogP contribution is -2.30. The van der Waals surface area contributed by atoms with Crippen molar-refractivity contribution in [2.24, 2.45) is 0 Å². The highest BCUT2D eigenvalue weighted by Crippen LogP contribution is 2.03. The van der Waals surface area contributed by atoms with E-state index in [4.69, 9.17) is 4.74 Å². The first-order valence-corrected chi connectivity index (χ1v) is 6.01. The highest BCUT2D eigenvalue weighted by Gasteiger charge is 2.00. The minimum Gasteiger partial charge on any atom is -0.383 e. The molecule has 0 aliphatic heterocycles. The summed E-state index contributed by atoms with van der Waals surface area (Å²) in [5.41, 5.74) is 2.48. The number of ether oxygens (including phenoxy) is 1. The van der Waals surface area contributed by atoms with E-state index in [1.165, 1.54) is 11.1 Å². The zero-order chi connectivity index (χ0) is 12.5. The van der Waals surface area contributed by atoms with E-state index >= 15 is 0 Å². The second-order valence-electron chi connectivity index (χ2n) is 4.35. The van der Waals surface area contributed by atoms with Crippen LogP contribution in [0.4, 0.5) is 0 Å². The Balaban J connectivity index is 2.18. The Hall–Kier alpha value is -0.970. The molecule has 4 heteroatoms. The van der Waals surface area contributed by atoms with Crippen molar-refractivity contribution in [2.45, 2.75) is 13.5 Å². The Morgan fingerprint density at radius 3 is 2.88 bits per heavy atom. The first-order chi connectivity index (χ1) is 8.22. The van der Waals surface area contributed by atoms with Gasteiger partial charge in [-0.15, -0.1) is 0 Å². The molecule has 0 saturated heterocycles. The molecule has 0 aromatic carbocycles. The molecule has 1 N–H and O–H groups in total. The van der Waals surface area contributed by atoms with Gasteiger partial charge in [-0.25, -0.2) is 0 Å². The van der Waals surface area contributed by atoms with Gasteiger partial charge in [0.25, 0.3) is 0 Å². The summed E-state index contributed by atoms with van der Waals surface area (Å²) in [4.78, 5) is 6.49. The number of rotatable bonds is 8. The van der Waals surface area contributed by atoms with Crippen molar-refractivity contribution in [3.63, 3.8) is 0 Å². The van der Waals surface area contributed by atoms with E-state index in [1.54, 1.807) is 7.11 Å². The van der Waals surface area contributed by atoms with Crippen LogP contribution in [-0.4, -0.2) is 50.3 Å². The van der Waals surface area contributed by atoms with Gasteiger partial charge in [0.05, 0.1) is 6.61 Å². The Morgan fingerprint density at radius 2 is 2.18 bits per heavy atom. The van der Waals surface area contributed by atoms with Crippen molar-refractivity contribution in [1.82, 2.24) is 15.2 Å². The second-order valence-corrected chi connectivity index (χ2v) is 4.35. The van der Waals surface area contributed by atoms with E-state index in [-0.39, 0.29) is 0 Å². The van der Waals surface area contributed by atoms with Crippen LogP contribution in [0.2, 0.25) is 0 Å². The minimum atomic E-state index is 0.769. The van der Waals surface area contributed by atoms with Crippen LogP contribution < -0.4 is 5.32 Å². The van der Waals surface area contributed by atoms with Gasteiger partial charge in [-0.1, -0.05) is 6.07 Å². The molecule has 1 heterocycles. The van der Waals surface area contributed by atoms with Gasteiger partial charge in [-0.2, -0.15) is 0 Å². The number of nitrogens with one attached hydrogen (secondary N) is 1. The number of methoxy groups -OCH3 is 1. The fraction of sp³-hybridized carbons (Fsp3) is 0.615. The number of pyridine rings is 1. The highest BCUT2D eigenvalue weighted by molar-refractivity contribution is 5.16. The lowest BCUT2D eigenvalue weighted by atomic mass is 10.2. The van der Waals surface area contributed by atoms with Crippen LogP contribution in [0.25, 0.3) is 0 Å². The third kappa shape index (κ3) is 6.36. The Bertz CT molecular complexity index is 317. The van der Waals surface area contributed by atoms with Gasteiger partial charge in [0, 0.05) is 45.7 Å². The molecule has 0 fully saturated rings. The molecule has 0 bridgehead atoms. The SMILES string of the molecule is COCCNCCN(C)Cc1cncc(C)c1. The van der Waals surface area contributed by atoms with Gasteiger partial charge in [0.15, 0.2) is 0 Å². The van der Waals surface area contributed by atoms with Crippen LogP contribution in [0.1, 0.15) is 11.1 Å². The van der Waals surface area contributed by atoms with Crippen LogP contribution in [0.3, 0.4) is 0 Å². The predicted molar refractivity (Wildman–Crippen MR) is 70.1 cm³/mol. The molecule has 0 saturated carbocycles. The van der Waals surface area contributed by atoms with Crippen LogP contribution in [0, 0.1) is 6.92 Å². The summed E-state index contributed by atoms with van der Waals surface area (Å²) in [6.07, 6.45) is 3.82. The van der Waals surface area contributed by atoms with Gasteiger partial charge in [-0.05, 0) is 25.1 Å². The summed E-state index contributed by atoms with van der Waals surface area (Å²) < 4.78 is 4.97. The standard InChI is InChI=1S/C13H23N3O/c1-12-8-13(10-15-9-12)11-16(2)6-4-14-5-7-17-3/h8-10,14H,4-7,11H2,1-3H3. The molecule has 96 valence electrons. The van der Waals surface area contributed by atoms with E-state index < -0.39 is 0 Å². The van der Waals surface area contributed by atoms with Crippen molar-refractivity contribution in [2.75, 3.05) is 40.4 Å². The molecule has 1 aromatic heterocycles. The summed E-state index contributed by atoms with van der Waals surface area (Å²) >= 11 is 0. The van der Waals surface area contributed by atoms with E-state index in [0.717, 1.165) is 32.8 Å². The van der Waals surface area contributed by atoms with Crippen LogP contribution in [0.5, 0.6) is 0 Å². The average Bonchev–Trinajstić information content (AvgIpc) is 2.29. The fourth-order valence-corrected chi connectivity index (χ4v) is 1.66. The average molecular weight is 237 g/mol. The zero-order valence-corrected chi connectivity index (χ0v) is 11.1. The molecule has 1 aromatic rings. The van der Waals surface area contributed by atoms with Crippen molar-refractivity contribution in [3.05, 3.63) is 29.6 Å². The maximum absolute atomic E-state index is 4.97. The smallest absolute Gasteiger partial charge is 0.0587 e. The zero-order valence-electron chi connectivity index (χ0n) is 11.1. The van der Waals surface area contributed by atoms with Crippen LogP contribution in [0.15, 0.2) is 18.5 Å². The molecular formula is C13H23N3O. The summed E-state index contributed by atoms with van der Waals surface area (Å²) in [5.74, 6) is 0. The van der Waals surface area contributed by atoms with E-state index in [9.17, 15) is 0 Å². The number of likely N-dealkylation sites (N-methyl/N-ethyl adjacent to an activating group) is 1. The van der Waals surface area contributed by atoms with E-state index in [1.807, 2.05) is 12.4 Å². The van der Waals surface area contributed by atoms with Crippen molar-refractivity contribution in [1.29, 1.82) is 0 Å². The van der Waals surface area contributed by atoms with Crippen LogP contribution in [-0.2, 0) is 11.3 Å². The molecule has 4 nitrogen and oxygen atoms in total. The molecule has 0 spiro atoms. The van der Waals surface area contributed by atoms with Gasteiger partial charge in [0.1, 0.15) is 0 Å². The van der Waals surface area contributed by atoms with Crippen molar-refractivity contribution >= 4 is 0 Å². The molecule has 0 radical (unpaired) electrons. The molecule has 0 aliphatic carbocycles. The lowest BCUT2D eigenvalue weighted by Gasteiger charge is -2.17. The number of aromatic nitrogens is 1. The van der Waals surface area contributed by atoms with Gasteiger partial charge < -0.3 is 15.0 Å². The Labute approximate surface area is 104 Å².